The number of aromatic nitrogens is 1. The van der Waals surface area contributed by atoms with Crippen LogP contribution in [0.1, 0.15) is 24.3 Å². The lowest BCUT2D eigenvalue weighted by Gasteiger charge is -2.36. The van der Waals surface area contributed by atoms with E-state index >= 15 is 0 Å². The highest BCUT2D eigenvalue weighted by atomic mass is 32.1. The Labute approximate surface area is 92.9 Å². The van der Waals surface area contributed by atoms with Crippen molar-refractivity contribution < 1.29 is 9.53 Å². The van der Waals surface area contributed by atoms with Gasteiger partial charge in [0, 0.05) is 11.9 Å². The third-order valence-corrected chi connectivity index (χ3v) is 3.11. The molecule has 1 aliphatic rings. The van der Waals surface area contributed by atoms with Gasteiger partial charge >= 0.3 is 0 Å². The molecule has 0 aliphatic carbocycles. The minimum Gasteiger partial charge on any atom is -0.375 e. The number of hydrogen-bond acceptors (Lipinski definition) is 4. The fourth-order valence-corrected chi connectivity index (χ4v) is 2.18. The highest BCUT2D eigenvalue weighted by Crippen LogP contribution is 2.15. The third-order valence-electron chi connectivity index (χ3n) is 2.52. The van der Waals surface area contributed by atoms with E-state index in [4.69, 9.17) is 4.74 Å². The Kier molecular flexibility index (Phi) is 3.02. The van der Waals surface area contributed by atoms with Crippen molar-refractivity contribution in [3.63, 3.8) is 0 Å². The van der Waals surface area contributed by atoms with Gasteiger partial charge in [0.2, 0.25) is 0 Å². The number of morpholine rings is 1. The molecule has 1 amide bonds. The van der Waals surface area contributed by atoms with E-state index in [-0.39, 0.29) is 18.1 Å². The maximum Gasteiger partial charge on any atom is 0.273 e. The van der Waals surface area contributed by atoms with E-state index in [1.807, 2.05) is 18.7 Å². The normalized spacial score (nSPS) is 26.7. The molecule has 1 fully saturated rings. The molecule has 0 bridgehead atoms. The zero-order valence-electron chi connectivity index (χ0n) is 8.84. The van der Waals surface area contributed by atoms with Crippen LogP contribution in [-0.2, 0) is 4.74 Å². The molecule has 2 heterocycles. The monoisotopic (exact) mass is 226 g/mol. The van der Waals surface area contributed by atoms with Gasteiger partial charge in [0.15, 0.2) is 0 Å². The van der Waals surface area contributed by atoms with Gasteiger partial charge in [0.05, 0.1) is 24.3 Å². The zero-order chi connectivity index (χ0) is 10.8. The van der Waals surface area contributed by atoms with Crippen LogP contribution in [0.3, 0.4) is 0 Å². The molecule has 0 aromatic carbocycles. The Morgan fingerprint density at radius 1 is 1.67 bits per heavy atom. The van der Waals surface area contributed by atoms with Gasteiger partial charge in [-0.05, 0) is 13.8 Å². The molecule has 0 N–H and O–H groups in total. The molecular weight excluding hydrogens is 212 g/mol. The summed E-state index contributed by atoms with van der Waals surface area (Å²) < 4.78 is 5.48. The molecule has 0 saturated carbocycles. The summed E-state index contributed by atoms with van der Waals surface area (Å²) in [4.78, 5) is 17.9. The first-order chi connectivity index (χ1) is 7.18. The van der Waals surface area contributed by atoms with Gasteiger partial charge in [0.25, 0.3) is 5.91 Å². The Balaban J connectivity index is 2.12. The van der Waals surface area contributed by atoms with Crippen LogP contribution in [0.2, 0.25) is 0 Å². The van der Waals surface area contributed by atoms with E-state index in [9.17, 15) is 4.79 Å². The molecule has 1 aliphatic heterocycles. The number of amides is 1. The molecular formula is C10H14N2O2S. The molecule has 15 heavy (non-hydrogen) atoms. The van der Waals surface area contributed by atoms with Crippen molar-refractivity contribution in [3.05, 3.63) is 16.6 Å². The van der Waals surface area contributed by atoms with Gasteiger partial charge in [-0.2, -0.15) is 0 Å². The Morgan fingerprint density at radius 3 is 3.13 bits per heavy atom. The van der Waals surface area contributed by atoms with Crippen molar-refractivity contribution in [2.24, 2.45) is 0 Å². The van der Waals surface area contributed by atoms with Crippen molar-refractivity contribution in [2.75, 3.05) is 13.2 Å². The first-order valence-electron chi connectivity index (χ1n) is 4.99. The van der Waals surface area contributed by atoms with Gasteiger partial charge in [-0.15, -0.1) is 11.3 Å². The molecule has 2 rings (SSSR count). The molecule has 0 radical (unpaired) electrons. The molecule has 1 saturated heterocycles. The van der Waals surface area contributed by atoms with Crippen molar-refractivity contribution in [1.29, 1.82) is 0 Å². The molecule has 2 atom stereocenters. The van der Waals surface area contributed by atoms with E-state index in [1.54, 1.807) is 10.9 Å². The topological polar surface area (TPSA) is 42.4 Å². The van der Waals surface area contributed by atoms with Crippen LogP contribution in [0.15, 0.2) is 10.9 Å². The second-order valence-corrected chi connectivity index (χ2v) is 4.54. The van der Waals surface area contributed by atoms with E-state index < -0.39 is 0 Å². The van der Waals surface area contributed by atoms with Crippen LogP contribution in [0.25, 0.3) is 0 Å². The van der Waals surface area contributed by atoms with E-state index in [2.05, 4.69) is 4.98 Å². The van der Waals surface area contributed by atoms with Crippen LogP contribution in [0.5, 0.6) is 0 Å². The minimum atomic E-state index is 0.0129. The molecule has 0 spiro atoms. The number of thiazole rings is 1. The molecule has 5 heteroatoms. The second-order valence-electron chi connectivity index (χ2n) is 3.82. The van der Waals surface area contributed by atoms with Crippen LogP contribution >= 0.6 is 11.3 Å². The van der Waals surface area contributed by atoms with Gasteiger partial charge in [0.1, 0.15) is 5.69 Å². The summed E-state index contributed by atoms with van der Waals surface area (Å²) in [6.45, 7) is 5.23. The SMILES string of the molecule is C[C@H]1CN(C(=O)c2cscn2)[C@@H](C)CO1. The van der Waals surface area contributed by atoms with Crippen molar-refractivity contribution in [1.82, 2.24) is 9.88 Å². The Hall–Kier alpha value is -0.940. The number of carbonyl (C=O) groups is 1. The van der Waals surface area contributed by atoms with E-state index in [1.165, 1.54) is 11.3 Å². The van der Waals surface area contributed by atoms with Crippen LogP contribution in [0.4, 0.5) is 0 Å². The summed E-state index contributed by atoms with van der Waals surface area (Å²) in [6, 6.07) is 0.135. The molecule has 82 valence electrons. The average Bonchev–Trinajstić information content (AvgIpc) is 2.74. The zero-order valence-corrected chi connectivity index (χ0v) is 9.66. The quantitative estimate of drug-likeness (QED) is 0.726. The smallest absolute Gasteiger partial charge is 0.273 e. The van der Waals surface area contributed by atoms with Crippen molar-refractivity contribution in [2.45, 2.75) is 26.0 Å². The van der Waals surface area contributed by atoms with E-state index in [0.717, 1.165) is 0 Å². The van der Waals surface area contributed by atoms with Crippen molar-refractivity contribution in [3.8, 4) is 0 Å². The number of carbonyl (C=O) groups excluding carboxylic acids is 1. The van der Waals surface area contributed by atoms with Crippen LogP contribution in [-0.4, -0.2) is 41.1 Å². The third kappa shape index (κ3) is 2.18. The average molecular weight is 226 g/mol. The highest BCUT2D eigenvalue weighted by molar-refractivity contribution is 7.07. The van der Waals surface area contributed by atoms with E-state index in [0.29, 0.717) is 18.8 Å². The standard InChI is InChI=1S/C10H14N2O2S/c1-7-4-14-8(2)3-12(7)10(13)9-5-15-6-11-9/h5-8H,3-4H2,1-2H3/t7-,8-/m0/s1. The number of rotatable bonds is 1. The summed E-state index contributed by atoms with van der Waals surface area (Å²) >= 11 is 1.44. The Bertz CT molecular complexity index is 339. The second kappa shape index (κ2) is 4.28. The lowest BCUT2D eigenvalue weighted by Crippen LogP contribution is -2.50. The lowest BCUT2D eigenvalue weighted by atomic mass is 10.2. The first-order valence-corrected chi connectivity index (χ1v) is 5.93. The maximum atomic E-state index is 12.0. The molecule has 1 aromatic rings. The predicted octanol–water partition coefficient (Wildman–Crippen LogP) is 1.39. The molecule has 1 aromatic heterocycles. The van der Waals surface area contributed by atoms with Gasteiger partial charge < -0.3 is 9.64 Å². The van der Waals surface area contributed by atoms with Crippen molar-refractivity contribution >= 4 is 17.2 Å². The van der Waals surface area contributed by atoms with Gasteiger partial charge in [-0.1, -0.05) is 0 Å². The first kappa shape index (κ1) is 10.6. The van der Waals surface area contributed by atoms with Crippen LogP contribution < -0.4 is 0 Å². The fourth-order valence-electron chi connectivity index (χ4n) is 1.65. The summed E-state index contributed by atoms with van der Waals surface area (Å²) in [5.74, 6) is 0.0129. The molecule has 4 nitrogen and oxygen atoms in total. The minimum absolute atomic E-state index is 0.0129. The summed E-state index contributed by atoms with van der Waals surface area (Å²) in [6.07, 6.45) is 0.115. The maximum absolute atomic E-state index is 12.0. The number of hydrogen-bond donors (Lipinski definition) is 0. The summed E-state index contributed by atoms with van der Waals surface area (Å²) in [5.41, 5.74) is 2.22. The predicted molar refractivity (Wildman–Crippen MR) is 58.0 cm³/mol. The Morgan fingerprint density at radius 2 is 2.47 bits per heavy atom. The fraction of sp³-hybridized carbons (Fsp3) is 0.600. The lowest BCUT2D eigenvalue weighted by molar-refractivity contribution is -0.0388. The number of ether oxygens (including phenoxy) is 1. The largest absolute Gasteiger partial charge is 0.375 e. The van der Waals surface area contributed by atoms with Crippen LogP contribution in [0, 0.1) is 0 Å². The summed E-state index contributed by atoms with van der Waals surface area (Å²) in [5, 5.41) is 1.79. The summed E-state index contributed by atoms with van der Waals surface area (Å²) in [7, 11) is 0. The number of nitrogens with zero attached hydrogens (tertiary/aromatic N) is 2. The van der Waals surface area contributed by atoms with Gasteiger partial charge in [-0.3, -0.25) is 4.79 Å². The molecule has 0 unspecified atom stereocenters. The highest BCUT2D eigenvalue weighted by Gasteiger charge is 2.28. The van der Waals surface area contributed by atoms with Gasteiger partial charge in [-0.25, -0.2) is 4.98 Å².